The molecule has 0 aliphatic carbocycles. The summed E-state index contributed by atoms with van der Waals surface area (Å²) < 4.78 is 13.4. The van der Waals surface area contributed by atoms with Gasteiger partial charge in [-0.15, -0.1) is 0 Å². The SMILES string of the molecule is Cc1nc(-c2ccc(F)cc2)cc(C2CN3CCC2CC3CNC(=O)Nc2cccc(C#N)c2)n1. The number of carbonyl (C=O) groups is 1. The molecule has 0 radical (unpaired) electrons. The van der Waals surface area contributed by atoms with E-state index in [0.29, 0.717) is 35.5 Å². The number of nitrogens with zero attached hydrogens (tertiary/aromatic N) is 4. The van der Waals surface area contributed by atoms with E-state index < -0.39 is 0 Å². The zero-order valence-corrected chi connectivity index (χ0v) is 19.5. The number of hydrogen-bond acceptors (Lipinski definition) is 5. The van der Waals surface area contributed by atoms with Gasteiger partial charge in [0, 0.05) is 42.0 Å². The molecule has 7 nitrogen and oxygen atoms in total. The number of fused-ring (bicyclic) bond motifs is 3. The Morgan fingerprint density at radius 3 is 2.77 bits per heavy atom. The van der Waals surface area contributed by atoms with Crippen molar-refractivity contribution < 1.29 is 9.18 Å². The van der Waals surface area contributed by atoms with Crippen LogP contribution in [0.5, 0.6) is 0 Å². The third-order valence-corrected chi connectivity index (χ3v) is 7.00. The molecule has 3 aromatic rings. The molecule has 3 aliphatic heterocycles. The molecule has 3 saturated heterocycles. The van der Waals surface area contributed by atoms with E-state index in [2.05, 4.69) is 26.6 Å². The van der Waals surface area contributed by atoms with Gasteiger partial charge >= 0.3 is 6.03 Å². The van der Waals surface area contributed by atoms with Crippen LogP contribution in [0.15, 0.2) is 54.6 Å². The third-order valence-electron chi connectivity index (χ3n) is 7.00. The number of aromatic nitrogens is 2. The van der Waals surface area contributed by atoms with Gasteiger partial charge in [0.1, 0.15) is 11.6 Å². The lowest BCUT2D eigenvalue weighted by molar-refractivity contribution is 0.0307. The summed E-state index contributed by atoms with van der Waals surface area (Å²) >= 11 is 0. The molecule has 35 heavy (non-hydrogen) atoms. The van der Waals surface area contributed by atoms with Crippen LogP contribution in [-0.4, -0.2) is 46.6 Å². The van der Waals surface area contributed by atoms with Gasteiger partial charge in [-0.2, -0.15) is 5.26 Å². The Morgan fingerprint density at radius 1 is 1.20 bits per heavy atom. The van der Waals surface area contributed by atoms with Crippen LogP contribution >= 0.6 is 0 Å². The largest absolute Gasteiger partial charge is 0.336 e. The number of rotatable bonds is 5. The van der Waals surface area contributed by atoms with Gasteiger partial charge in [0.15, 0.2) is 0 Å². The molecule has 2 N–H and O–H groups in total. The van der Waals surface area contributed by atoms with Crippen molar-refractivity contribution in [2.24, 2.45) is 5.92 Å². The molecule has 1 aromatic heterocycles. The minimum Gasteiger partial charge on any atom is -0.336 e. The highest BCUT2D eigenvalue weighted by Crippen LogP contribution is 2.41. The van der Waals surface area contributed by atoms with E-state index in [1.54, 1.807) is 36.4 Å². The number of urea groups is 1. The second kappa shape index (κ2) is 9.80. The Kier molecular flexibility index (Phi) is 6.43. The van der Waals surface area contributed by atoms with Crippen molar-refractivity contribution in [2.75, 3.05) is 25.0 Å². The summed E-state index contributed by atoms with van der Waals surface area (Å²) in [5.74, 6) is 1.25. The summed E-state index contributed by atoms with van der Waals surface area (Å²) in [4.78, 5) is 24.2. The number of anilines is 1. The number of nitriles is 1. The smallest absolute Gasteiger partial charge is 0.319 e. The van der Waals surface area contributed by atoms with Gasteiger partial charge in [-0.05, 0) is 80.8 Å². The van der Waals surface area contributed by atoms with Crippen LogP contribution in [0.3, 0.4) is 0 Å². The summed E-state index contributed by atoms with van der Waals surface area (Å²) in [6.07, 6.45) is 2.09. The standard InChI is InChI=1S/C27H27FN6O/c1-17-31-25(19-5-7-21(28)8-6-19)13-26(32-17)24-16-34-10-9-20(24)12-23(34)15-30-27(35)33-22-4-2-3-18(11-22)14-29/h2-8,11,13,20,23-24H,9-10,12,15-16H2,1H3,(H2,30,33,35). The second-order valence-corrected chi connectivity index (χ2v) is 9.30. The van der Waals surface area contributed by atoms with E-state index in [-0.39, 0.29) is 17.9 Å². The molecule has 2 amide bonds. The highest BCUT2D eigenvalue weighted by molar-refractivity contribution is 5.89. The van der Waals surface area contributed by atoms with E-state index in [1.165, 1.54) is 12.1 Å². The lowest BCUT2D eigenvalue weighted by Crippen LogP contribution is -2.56. The molecule has 8 heteroatoms. The normalized spacial score (nSPS) is 22.9. The molecule has 4 heterocycles. The minimum atomic E-state index is -0.269. The zero-order chi connectivity index (χ0) is 24.4. The molecule has 3 fully saturated rings. The number of nitrogens with one attached hydrogen (secondary N) is 2. The topological polar surface area (TPSA) is 93.9 Å². The van der Waals surface area contributed by atoms with Crippen molar-refractivity contribution in [3.05, 3.63) is 77.5 Å². The van der Waals surface area contributed by atoms with Crippen LogP contribution in [-0.2, 0) is 0 Å². The zero-order valence-electron chi connectivity index (χ0n) is 19.5. The number of piperidine rings is 3. The molecule has 4 unspecified atom stereocenters. The molecule has 0 saturated carbocycles. The van der Waals surface area contributed by atoms with Gasteiger partial charge in [-0.25, -0.2) is 19.2 Å². The van der Waals surface area contributed by atoms with E-state index in [1.807, 2.05) is 13.0 Å². The van der Waals surface area contributed by atoms with Gasteiger partial charge in [-0.1, -0.05) is 6.07 Å². The average Bonchev–Trinajstić information content (AvgIpc) is 2.88. The van der Waals surface area contributed by atoms with Crippen LogP contribution in [0.4, 0.5) is 14.9 Å². The predicted molar refractivity (Wildman–Crippen MR) is 131 cm³/mol. The fraction of sp³-hybridized carbons (Fsp3) is 0.333. The number of carbonyl (C=O) groups excluding carboxylic acids is 1. The second-order valence-electron chi connectivity index (χ2n) is 9.30. The summed E-state index contributed by atoms with van der Waals surface area (Å²) in [7, 11) is 0. The first kappa shape index (κ1) is 22.9. The Hall–Kier alpha value is -3.83. The maximum atomic E-state index is 13.4. The molecule has 2 bridgehead atoms. The Balaban J connectivity index is 1.22. The summed E-state index contributed by atoms with van der Waals surface area (Å²) in [5.41, 5.74) is 3.84. The molecule has 2 aromatic carbocycles. The van der Waals surface area contributed by atoms with E-state index >= 15 is 0 Å². The first-order valence-electron chi connectivity index (χ1n) is 11.9. The molecule has 6 rings (SSSR count). The minimum absolute atomic E-state index is 0.263. The van der Waals surface area contributed by atoms with Crippen molar-refractivity contribution >= 4 is 11.7 Å². The molecule has 4 atom stereocenters. The summed E-state index contributed by atoms with van der Waals surface area (Å²) in [5, 5.41) is 14.8. The van der Waals surface area contributed by atoms with E-state index in [0.717, 1.165) is 42.9 Å². The van der Waals surface area contributed by atoms with Gasteiger partial charge in [0.05, 0.1) is 17.3 Å². The number of hydrogen-bond donors (Lipinski definition) is 2. The molecule has 0 spiro atoms. The van der Waals surface area contributed by atoms with Gasteiger partial charge in [-0.3, -0.25) is 4.90 Å². The molecule has 3 aliphatic rings. The first-order chi connectivity index (χ1) is 17.0. The van der Waals surface area contributed by atoms with E-state index in [9.17, 15) is 9.18 Å². The number of halogens is 1. The van der Waals surface area contributed by atoms with Crippen molar-refractivity contribution in [3.63, 3.8) is 0 Å². The van der Waals surface area contributed by atoms with Crippen molar-refractivity contribution in [1.29, 1.82) is 5.26 Å². The van der Waals surface area contributed by atoms with Crippen molar-refractivity contribution in [2.45, 2.75) is 31.7 Å². The maximum absolute atomic E-state index is 13.4. The number of benzene rings is 2. The highest BCUT2D eigenvalue weighted by atomic mass is 19.1. The van der Waals surface area contributed by atoms with E-state index in [4.69, 9.17) is 10.2 Å². The third kappa shape index (κ3) is 5.15. The summed E-state index contributed by atoms with van der Waals surface area (Å²) in [6, 6.07) is 17.4. The van der Waals surface area contributed by atoms with Crippen LogP contribution in [0.2, 0.25) is 0 Å². The number of amides is 2. The van der Waals surface area contributed by atoms with Gasteiger partial charge in [0.25, 0.3) is 0 Å². The molecular weight excluding hydrogens is 443 g/mol. The number of aryl methyl sites for hydroxylation is 1. The van der Waals surface area contributed by atoms with Crippen molar-refractivity contribution in [1.82, 2.24) is 20.2 Å². The Labute approximate surface area is 204 Å². The monoisotopic (exact) mass is 470 g/mol. The quantitative estimate of drug-likeness (QED) is 0.574. The highest BCUT2D eigenvalue weighted by Gasteiger charge is 2.41. The Bertz CT molecular complexity index is 1270. The Morgan fingerprint density at radius 2 is 2.03 bits per heavy atom. The fourth-order valence-electron chi connectivity index (χ4n) is 5.29. The first-order valence-corrected chi connectivity index (χ1v) is 11.9. The lowest BCUT2D eigenvalue weighted by Gasteiger charge is -2.49. The average molecular weight is 471 g/mol. The fourth-order valence-corrected chi connectivity index (χ4v) is 5.29. The maximum Gasteiger partial charge on any atom is 0.319 e. The van der Waals surface area contributed by atoms with Crippen LogP contribution < -0.4 is 10.6 Å². The lowest BCUT2D eigenvalue weighted by atomic mass is 9.74. The van der Waals surface area contributed by atoms with Gasteiger partial charge in [0.2, 0.25) is 0 Å². The molecular formula is C27H27FN6O. The van der Waals surface area contributed by atoms with Crippen molar-refractivity contribution in [3.8, 4) is 17.3 Å². The van der Waals surface area contributed by atoms with Crippen LogP contribution in [0.25, 0.3) is 11.3 Å². The van der Waals surface area contributed by atoms with Crippen LogP contribution in [0, 0.1) is 30.0 Å². The van der Waals surface area contributed by atoms with Crippen LogP contribution in [0.1, 0.15) is 35.8 Å². The summed E-state index contributed by atoms with van der Waals surface area (Å²) in [6.45, 7) is 4.36. The van der Waals surface area contributed by atoms with Gasteiger partial charge < -0.3 is 10.6 Å². The molecule has 178 valence electrons. The predicted octanol–water partition coefficient (Wildman–Crippen LogP) is 4.46.